The van der Waals surface area contributed by atoms with Crippen LogP contribution in [0.3, 0.4) is 0 Å². The van der Waals surface area contributed by atoms with Gasteiger partial charge in [0.15, 0.2) is 5.96 Å². The molecule has 2 aromatic rings. The summed E-state index contributed by atoms with van der Waals surface area (Å²) in [5.74, 6) is 0.0311. The van der Waals surface area contributed by atoms with Gasteiger partial charge in [0, 0.05) is 63.3 Å². The summed E-state index contributed by atoms with van der Waals surface area (Å²) in [5, 5.41) is 4.51. The summed E-state index contributed by atoms with van der Waals surface area (Å²) in [6.07, 6.45) is 3.82. The van der Waals surface area contributed by atoms with Gasteiger partial charge in [-0.1, -0.05) is 6.92 Å². The van der Waals surface area contributed by atoms with E-state index in [0.29, 0.717) is 31.9 Å². The lowest BCUT2D eigenvalue weighted by molar-refractivity contribution is 0.371. The highest BCUT2D eigenvalue weighted by Crippen LogP contribution is 2.22. The fraction of sp³-hybridized carbons (Fsp3) is 0.474. The van der Waals surface area contributed by atoms with E-state index in [1.165, 1.54) is 17.0 Å². The van der Waals surface area contributed by atoms with Gasteiger partial charge in [-0.15, -0.1) is 11.3 Å². The number of anilines is 1. The third-order valence-electron chi connectivity index (χ3n) is 4.61. The largest absolute Gasteiger partial charge is 0.366 e. The number of halogens is 2. The molecule has 146 valence electrons. The second kappa shape index (κ2) is 9.12. The quantitative estimate of drug-likeness (QED) is 0.627. The molecule has 1 aliphatic rings. The van der Waals surface area contributed by atoms with Crippen molar-refractivity contribution < 1.29 is 8.78 Å². The Morgan fingerprint density at radius 1 is 1.26 bits per heavy atom. The number of hydrogen-bond donors (Lipinski definition) is 1. The topological polar surface area (TPSA) is 43.8 Å². The first kappa shape index (κ1) is 19.5. The smallest absolute Gasteiger partial charge is 0.193 e. The minimum absolute atomic E-state index is 0.327. The van der Waals surface area contributed by atoms with Crippen LogP contribution in [0.15, 0.2) is 29.4 Å². The Morgan fingerprint density at radius 2 is 2.04 bits per heavy atom. The van der Waals surface area contributed by atoms with Crippen LogP contribution >= 0.6 is 11.3 Å². The maximum absolute atomic E-state index is 14.0. The Hall–Kier alpha value is -2.22. The van der Waals surface area contributed by atoms with E-state index in [0.717, 1.165) is 36.4 Å². The number of aromatic nitrogens is 1. The summed E-state index contributed by atoms with van der Waals surface area (Å²) < 4.78 is 27.4. The van der Waals surface area contributed by atoms with Gasteiger partial charge in [0.1, 0.15) is 11.6 Å². The molecule has 3 rings (SSSR count). The summed E-state index contributed by atoms with van der Waals surface area (Å²) in [6.45, 7) is 5.54. The fourth-order valence-corrected chi connectivity index (χ4v) is 3.99. The molecule has 1 N–H and O–H groups in total. The number of piperazine rings is 1. The number of guanidine groups is 1. The van der Waals surface area contributed by atoms with E-state index in [-0.39, 0.29) is 5.82 Å². The van der Waals surface area contributed by atoms with Crippen molar-refractivity contribution in [1.29, 1.82) is 0 Å². The molecule has 5 nitrogen and oxygen atoms in total. The minimum atomic E-state index is -0.417. The minimum Gasteiger partial charge on any atom is -0.366 e. The van der Waals surface area contributed by atoms with Crippen molar-refractivity contribution in [3.8, 4) is 0 Å². The molecule has 1 aromatic heterocycles. The van der Waals surface area contributed by atoms with E-state index in [1.54, 1.807) is 18.4 Å². The van der Waals surface area contributed by atoms with Gasteiger partial charge >= 0.3 is 0 Å². The predicted molar refractivity (Wildman–Crippen MR) is 107 cm³/mol. The van der Waals surface area contributed by atoms with E-state index in [9.17, 15) is 8.78 Å². The Morgan fingerprint density at radius 3 is 2.70 bits per heavy atom. The molecule has 0 spiro atoms. The number of benzene rings is 1. The lowest BCUT2D eigenvalue weighted by Gasteiger charge is -2.37. The zero-order valence-corrected chi connectivity index (χ0v) is 16.5. The molecular formula is C19H25F2N5S. The average Bonchev–Trinajstić information content (AvgIpc) is 3.15. The van der Waals surface area contributed by atoms with Crippen LogP contribution in [0.2, 0.25) is 0 Å². The molecule has 0 saturated carbocycles. The predicted octanol–water partition coefficient (Wildman–Crippen LogP) is 2.92. The normalized spacial score (nSPS) is 15.3. The molecule has 1 fully saturated rings. The highest BCUT2D eigenvalue weighted by Gasteiger charge is 2.22. The van der Waals surface area contributed by atoms with Crippen molar-refractivity contribution in [3.63, 3.8) is 0 Å². The van der Waals surface area contributed by atoms with Crippen LogP contribution in [-0.4, -0.2) is 55.6 Å². The van der Waals surface area contributed by atoms with Gasteiger partial charge in [-0.05, 0) is 18.6 Å². The highest BCUT2D eigenvalue weighted by molar-refractivity contribution is 7.11. The first-order valence-electron chi connectivity index (χ1n) is 9.20. The molecule has 8 heteroatoms. The SMILES string of the molecule is CCc1cnc(CCNC(=NC)N2CCN(c3cc(F)ccc3F)CC2)s1. The van der Waals surface area contributed by atoms with Crippen molar-refractivity contribution in [1.82, 2.24) is 15.2 Å². The second-order valence-electron chi connectivity index (χ2n) is 6.37. The van der Waals surface area contributed by atoms with Crippen LogP contribution in [0.4, 0.5) is 14.5 Å². The van der Waals surface area contributed by atoms with Gasteiger partial charge in [-0.3, -0.25) is 4.99 Å². The van der Waals surface area contributed by atoms with Crippen LogP contribution in [0, 0.1) is 11.6 Å². The Balaban J connectivity index is 1.50. The third-order valence-corrected chi connectivity index (χ3v) is 5.81. The van der Waals surface area contributed by atoms with Crippen molar-refractivity contribution in [2.45, 2.75) is 19.8 Å². The van der Waals surface area contributed by atoms with Crippen LogP contribution in [0.5, 0.6) is 0 Å². The number of aryl methyl sites for hydroxylation is 1. The summed E-state index contributed by atoms with van der Waals surface area (Å²) in [7, 11) is 1.76. The van der Waals surface area contributed by atoms with E-state index >= 15 is 0 Å². The molecule has 0 unspecified atom stereocenters. The van der Waals surface area contributed by atoms with Gasteiger partial charge < -0.3 is 15.1 Å². The molecule has 2 heterocycles. The molecule has 0 amide bonds. The number of rotatable bonds is 5. The van der Waals surface area contributed by atoms with E-state index in [2.05, 4.69) is 27.1 Å². The van der Waals surface area contributed by atoms with Crippen LogP contribution in [0.25, 0.3) is 0 Å². The number of thiazole rings is 1. The van der Waals surface area contributed by atoms with Gasteiger partial charge in [0.2, 0.25) is 0 Å². The van der Waals surface area contributed by atoms with E-state index < -0.39 is 5.82 Å². The highest BCUT2D eigenvalue weighted by atomic mass is 32.1. The van der Waals surface area contributed by atoms with E-state index in [1.807, 2.05) is 11.1 Å². The van der Waals surface area contributed by atoms with Crippen molar-refractivity contribution in [2.24, 2.45) is 4.99 Å². The number of hydrogen-bond acceptors (Lipinski definition) is 4. The monoisotopic (exact) mass is 393 g/mol. The summed E-state index contributed by atoms with van der Waals surface area (Å²) >= 11 is 1.75. The van der Waals surface area contributed by atoms with Crippen LogP contribution in [-0.2, 0) is 12.8 Å². The molecule has 0 aliphatic carbocycles. The first-order chi connectivity index (χ1) is 13.1. The summed E-state index contributed by atoms with van der Waals surface area (Å²) in [6, 6.07) is 3.59. The van der Waals surface area contributed by atoms with E-state index in [4.69, 9.17) is 0 Å². The van der Waals surface area contributed by atoms with Crippen molar-refractivity contribution in [3.05, 3.63) is 45.9 Å². The lowest BCUT2D eigenvalue weighted by Crippen LogP contribution is -2.53. The van der Waals surface area contributed by atoms with Crippen molar-refractivity contribution >= 4 is 23.0 Å². The maximum atomic E-state index is 14.0. The molecule has 0 bridgehead atoms. The summed E-state index contributed by atoms with van der Waals surface area (Å²) in [4.78, 5) is 14.1. The van der Waals surface area contributed by atoms with Crippen molar-refractivity contribution in [2.75, 3.05) is 44.7 Å². The molecular weight excluding hydrogens is 368 g/mol. The number of aliphatic imine (C=N–C) groups is 1. The lowest BCUT2D eigenvalue weighted by atomic mass is 10.2. The molecule has 27 heavy (non-hydrogen) atoms. The molecule has 0 radical (unpaired) electrons. The standard InChI is InChI=1S/C19H25F2N5S/c1-3-15-13-24-18(27-15)6-7-23-19(22-2)26-10-8-25(9-11-26)17-12-14(20)4-5-16(17)21/h4-5,12-13H,3,6-11H2,1-2H3,(H,22,23). The molecule has 1 aliphatic heterocycles. The second-order valence-corrected chi connectivity index (χ2v) is 7.57. The van der Waals surface area contributed by atoms with Crippen LogP contribution < -0.4 is 10.2 Å². The molecule has 1 saturated heterocycles. The van der Waals surface area contributed by atoms with Gasteiger partial charge in [-0.25, -0.2) is 13.8 Å². The van der Waals surface area contributed by atoms with Gasteiger partial charge in [-0.2, -0.15) is 0 Å². The Labute approximate surface area is 162 Å². The van der Waals surface area contributed by atoms with Crippen LogP contribution in [0.1, 0.15) is 16.8 Å². The molecule has 0 atom stereocenters. The zero-order chi connectivity index (χ0) is 19.2. The Kier molecular flexibility index (Phi) is 6.60. The Bertz CT molecular complexity index is 784. The maximum Gasteiger partial charge on any atom is 0.193 e. The fourth-order valence-electron chi connectivity index (χ4n) is 3.13. The van der Waals surface area contributed by atoms with Gasteiger partial charge in [0.05, 0.1) is 10.7 Å². The zero-order valence-electron chi connectivity index (χ0n) is 15.7. The molecule has 1 aromatic carbocycles. The summed E-state index contributed by atoms with van der Waals surface area (Å²) in [5.41, 5.74) is 0.327. The number of nitrogens with one attached hydrogen (secondary N) is 1. The average molecular weight is 394 g/mol. The third kappa shape index (κ3) is 4.94. The number of nitrogens with zero attached hydrogens (tertiary/aromatic N) is 4. The first-order valence-corrected chi connectivity index (χ1v) is 10.0. The van der Waals surface area contributed by atoms with Gasteiger partial charge in [0.25, 0.3) is 0 Å².